The Kier molecular flexibility index (Phi) is 8.76. The van der Waals surface area contributed by atoms with Gasteiger partial charge in [-0.15, -0.1) is 0 Å². The number of hydrogen-bond donors (Lipinski definition) is 3. The number of benzene rings is 3. The van der Waals surface area contributed by atoms with E-state index in [2.05, 4.69) is 15.2 Å². The van der Waals surface area contributed by atoms with E-state index in [1.54, 1.807) is 0 Å². The van der Waals surface area contributed by atoms with Crippen LogP contribution >= 0.6 is 0 Å². The van der Waals surface area contributed by atoms with Crippen molar-refractivity contribution in [3.8, 4) is 27.9 Å². The minimum atomic E-state index is -5.03. The van der Waals surface area contributed by atoms with E-state index in [-0.39, 0.29) is 28.1 Å². The number of hydrogen-bond acceptors (Lipinski definition) is 7. The summed E-state index contributed by atoms with van der Waals surface area (Å²) in [4.78, 5) is 4.15. The van der Waals surface area contributed by atoms with Crippen LogP contribution in [-0.4, -0.2) is 64.8 Å². The van der Waals surface area contributed by atoms with Crippen molar-refractivity contribution in [1.29, 1.82) is 0 Å². The van der Waals surface area contributed by atoms with Gasteiger partial charge in [0, 0.05) is 11.8 Å². The Balaban J connectivity index is 1.45. The van der Waals surface area contributed by atoms with Gasteiger partial charge in [0.1, 0.15) is 36.3 Å². The van der Waals surface area contributed by atoms with Crippen LogP contribution in [0.4, 0.5) is 39.5 Å². The molecule has 0 bridgehead atoms. The summed E-state index contributed by atoms with van der Waals surface area (Å²) in [5.41, 5.74) is -2.71. The summed E-state index contributed by atoms with van der Waals surface area (Å²) in [7, 11) is 0. The fraction of sp³-hybridized carbons (Fsp3) is 0.258. The predicted octanol–water partition coefficient (Wildman–Crippen LogP) is 5.35. The van der Waals surface area contributed by atoms with Crippen molar-refractivity contribution < 1.29 is 59.6 Å². The lowest BCUT2D eigenvalue weighted by atomic mass is 9.92. The summed E-state index contributed by atoms with van der Waals surface area (Å²) in [6, 6.07) is 3.36. The Morgan fingerprint density at radius 3 is 1.92 bits per heavy atom. The maximum Gasteiger partial charge on any atom is 0.418 e. The highest BCUT2D eigenvalue weighted by molar-refractivity contribution is 5.68. The molecule has 0 radical (unpaired) electrons. The molecule has 3 aromatic carbocycles. The van der Waals surface area contributed by atoms with Crippen molar-refractivity contribution in [3.63, 3.8) is 0 Å². The minimum absolute atomic E-state index is 0.0140. The summed E-state index contributed by atoms with van der Waals surface area (Å²) in [5.74, 6) is -10.3. The molecular formula is C31H22F9N5O4. The van der Waals surface area contributed by atoms with Crippen molar-refractivity contribution in [2.45, 2.75) is 43.6 Å². The van der Waals surface area contributed by atoms with Gasteiger partial charge >= 0.3 is 6.18 Å². The van der Waals surface area contributed by atoms with Gasteiger partial charge in [0.2, 0.25) is 0 Å². The summed E-state index contributed by atoms with van der Waals surface area (Å²) >= 11 is 0. The molecule has 18 heteroatoms. The summed E-state index contributed by atoms with van der Waals surface area (Å²) in [5, 5.41) is 40.7. The lowest BCUT2D eigenvalue weighted by Crippen LogP contribution is -2.53. The Labute approximate surface area is 269 Å². The largest absolute Gasteiger partial charge is 0.418 e. The molecule has 3 N–H and O–H groups in total. The minimum Gasteiger partial charge on any atom is -0.394 e. The molecule has 1 aliphatic heterocycles. The quantitative estimate of drug-likeness (QED) is 0.162. The zero-order chi connectivity index (χ0) is 35.5. The number of aliphatic hydroxyl groups is 3. The van der Waals surface area contributed by atoms with Crippen LogP contribution in [0.25, 0.3) is 27.9 Å². The van der Waals surface area contributed by atoms with Gasteiger partial charge in [0.05, 0.1) is 24.1 Å². The highest BCUT2D eigenvalue weighted by Gasteiger charge is 2.48. The molecule has 5 aromatic rings. The lowest BCUT2D eigenvalue weighted by molar-refractivity contribution is -0.210. The summed E-state index contributed by atoms with van der Waals surface area (Å²) < 4.78 is 133. The number of aromatic nitrogens is 5. The fourth-order valence-electron chi connectivity index (χ4n) is 5.64. The average Bonchev–Trinajstić information content (AvgIpc) is 3.68. The highest BCUT2D eigenvalue weighted by atomic mass is 19.4. The van der Waals surface area contributed by atoms with E-state index >= 15 is 0 Å². The molecule has 0 saturated carbocycles. The number of aliphatic hydroxyl groups excluding tert-OH is 3. The van der Waals surface area contributed by atoms with Gasteiger partial charge in [0.25, 0.3) is 0 Å². The van der Waals surface area contributed by atoms with Crippen molar-refractivity contribution in [2.24, 2.45) is 0 Å². The molecule has 9 nitrogen and oxygen atoms in total. The first-order valence-electron chi connectivity index (χ1n) is 14.2. The SMILES string of the molecule is Cc1nc([C@@H]2OC(CO)[C@H](O)C(n3cc(-c4cc(F)c(F)c(F)c4)cn3)[C@@H]2O)n(-c2cc(-c3cc(F)c(F)c(F)c3)ccc2C(F)(F)F)n1. The number of nitrogens with zero attached hydrogens (tertiary/aromatic N) is 5. The monoisotopic (exact) mass is 699 g/mol. The number of aryl methyl sites for hydroxylation is 1. The van der Waals surface area contributed by atoms with E-state index < -0.39 is 95.2 Å². The first-order valence-corrected chi connectivity index (χ1v) is 14.2. The third kappa shape index (κ3) is 6.16. The molecule has 2 aromatic heterocycles. The predicted molar refractivity (Wildman–Crippen MR) is 150 cm³/mol. The number of ether oxygens (including phenoxy) is 1. The van der Waals surface area contributed by atoms with Gasteiger partial charge in [-0.2, -0.15) is 23.4 Å². The average molecular weight is 700 g/mol. The van der Waals surface area contributed by atoms with E-state index in [1.165, 1.54) is 6.92 Å². The molecule has 5 atom stereocenters. The third-order valence-electron chi connectivity index (χ3n) is 7.96. The second-order valence-electron chi connectivity index (χ2n) is 11.1. The molecular weight excluding hydrogens is 677 g/mol. The molecule has 0 aliphatic carbocycles. The van der Waals surface area contributed by atoms with E-state index in [0.29, 0.717) is 35.0 Å². The second-order valence-corrected chi connectivity index (χ2v) is 11.1. The Morgan fingerprint density at radius 2 is 1.37 bits per heavy atom. The van der Waals surface area contributed by atoms with Crippen LogP contribution in [0, 0.1) is 41.8 Å². The Morgan fingerprint density at radius 1 is 0.796 bits per heavy atom. The van der Waals surface area contributed by atoms with Crippen molar-refractivity contribution >= 4 is 0 Å². The van der Waals surface area contributed by atoms with Crippen LogP contribution in [0.1, 0.15) is 29.4 Å². The second kappa shape index (κ2) is 12.6. The van der Waals surface area contributed by atoms with Crippen LogP contribution in [0.2, 0.25) is 0 Å². The molecule has 49 heavy (non-hydrogen) atoms. The standard InChI is InChI=1S/C31H22F9N5O4/c1-12-42-30(45(43-12)22-8-13(2-3-17(22)31(38,39)40)14-4-18(32)24(36)19(33)5-14)29-28(48)26(27(47)23(11-46)49-29)44-10-16(9-41-44)15-6-20(34)25(37)21(35)7-15/h2-10,23,26-29,46-48H,11H2,1H3/t23?,26?,27-,28-,29+/m0/s1. The smallest absolute Gasteiger partial charge is 0.394 e. The van der Waals surface area contributed by atoms with Gasteiger partial charge in [-0.05, 0) is 60.0 Å². The lowest BCUT2D eigenvalue weighted by Gasteiger charge is -2.42. The molecule has 0 amide bonds. The van der Waals surface area contributed by atoms with Gasteiger partial charge in [-0.25, -0.2) is 36.0 Å². The van der Waals surface area contributed by atoms with Crippen LogP contribution in [-0.2, 0) is 10.9 Å². The van der Waals surface area contributed by atoms with E-state index in [1.807, 2.05) is 0 Å². The zero-order valence-electron chi connectivity index (χ0n) is 24.7. The molecule has 3 heterocycles. The van der Waals surface area contributed by atoms with Gasteiger partial charge < -0.3 is 20.1 Å². The molecule has 2 unspecified atom stereocenters. The first kappa shape index (κ1) is 34.1. The molecule has 1 saturated heterocycles. The van der Waals surface area contributed by atoms with Crippen LogP contribution in [0.15, 0.2) is 54.9 Å². The summed E-state index contributed by atoms with van der Waals surface area (Å²) in [6.07, 6.45) is -9.66. The summed E-state index contributed by atoms with van der Waals surface area (Å²) in [6.45, 7) is 0.426. The maximum absolute atomic E-state index is 14.3. The first-order chi connectivity index (χ1) is 23.1. The Bertz CT molecular complexity index is 2000. The normalized spacial score (nSPS) is 21.4. The fourth-order valence-corrected chi connectivity index (χ4v) is 5.64. The molecule has 1 aliphatic rings. The van der Waals surface area contributed by atoms with Crippen molar-refractivity contribution in [3.05, 3.63) is 107 Å². The van der Waals surface area contributed by atoms with Gasteiger partial charge in [0.15, 0.2) is 40.7 Å². The number of alkyl halides is 3. The van der Waals surface area contributed by atoms with E-state index in [9.17, 15) is 54.8 Å². The zero-order valence-corrected chi connectivity index (χ0v) is 24.7. The van der Waals surface area contributed by atoms with Crippen molar-refractivity contribution in [1.82, 2.24) is 24.5 Å². The van der Waals surface area contributed by atoms with E-state index in [0.717, 1.165) is 29.2 Å². The third-order valence-corrected chi connectivity index (χ3v) is 7.96. The van der Waals surface area contributed by atoms with Crippen molar-refractivity contribution in [2.75, 3.05) is 6.61 Å². The highest BCUT2D eigenvalue weighted by Crippen LogP contribution is 2.41. The number of rotatable bonds is 6. The van der Waals surface area contributed by atoms with Gasteiger partial charge in [-0.1, -0.05) is 6.07 Å². The van der Waals surface area contributed by atoms with E-state index in [4.69, 9.17) is 4.74 Å². The molecule has 0 spiro atoms. The van der Waals surface area contributed by atoms with Crippen LogP contribution in [0.3, 0.4) is 0 Å². The number of halogens is 9. The van der Waals surface area contributed by atoms with Crippen LogP contribution < -0.4 is 0 Å². The molecule has 6 rings (SSSR count). The van der Waals surface area contributed by atoms with Gasteiger partial charge in [-0.3, -0.25) is 4.68 Å². The molecule has 1 fully saturated rings. The van der Waals surface area contributed by atoms with Crippen LogP contribution in [0.5, 0.6) is 0 Å². The topological polar surface area (TPSA) is 118 Å². The molecule has 258 valence electrons. The Hall–Kier alpha value is -4.78. The maximum atomic E-state index is 14.3.